The van der Waals surface area contributed by atoms with Gasteiger partial charge in [0.25, 0.3) is 0 Å². The van der Waals surface area contributed by atoms with E-state index in [2.05, 4.69) is 56.9 Å². The van der Waals surface area contributed by atoms with Crippen LogP contribution in [0.5, 0.6) is 0 Å². The predicted octanol–water partition coefficient (Wildman–Crippen LogP) is 2.41. The zero-order valence-electron chi connectivity index (χ0n) is 13.4. The van der Waals surface area contributed by atoms with E-state index < -0.39 is 0 Å². The van der Waals surface area contributed by atoms with Crippen LogP contribution in [0.15, 0.2) is 42.9 Å². The highest BCUT2D eigenvalue weighted by atomic mass is 15.3. The minimum absolute atomic E-state index is 0.933. The zero-order valence-corrected chi connectivity index (χ0v) is 13.4. The van der Waals surface area contributed by atoms with Gasteiger partial charge in [-0.3, -0.25) is 9.58 Å². The number of rotatable bonds is 3. The Bertz CT molecular complexity index is 773. The van der Waals surface area contributed by atoms with Gasteiger partial charge in [-0.25, -0.2) is 4.98 Å². The molecule has 4 rings (SSSR count). The van der Waals surface area contributed by atoms with Gasteiger partial charge in [0.1, 0.15) is 0 Å². The van der Waals surface area contributed by atoms with Gasteiger partial charge in [-0.2, -0.15) is 5.10 Å². The molecule has 1 aliphatic heterocycles. The van der Waals surface area contributed by atoms with Gasteiger partial charge in [0.05, 0.1) is 12.0 Å². The Balaban J connectivity index is 1.59. The van der Waals surface area contributed by atoms with E-state index in [-0.39, 0.29) is 0 Å². The molecule has 0 saturated heterocycles. The fourth-order valence-corrected chi connectivity index (χ4v) is 3.42. The van der Waals surface area contributed by atoms with Crippen LogP contribution in [0.1, 0.15) is 17.0 Å². The molecule has 5 nitrogen and oxygen atoms in total. The number of aromatic amines is 1. The molecule has 5 heteroatoms. The first-order chi connectivity index (χ1) is 11.3. The Hall–Kier alpha value is -2.40. The largest absolute Gasteiger partial charge is 0.347 e. The topological polar surface area (TPSA) is 49.7 Å². The molecular formula is C18H21N5. The average molecular weight is 307 g/mol. The van der Waals surface area contributed by atoms with Crippen molar-refractivity contribution in [2.45, 2.75) is 19.4 Å². The third-order valence-electron chi connectivity index (χ3n) is 4.61. The second-order valence-corrected chi connectivity index (χ2v) is 6.12. The van der Waals surface area contributed by atoms with Crippen LogP contribution in [0.25, 0.3) is 11.3 Å². The fraction of sp³-hybridized carbons (Fsp3) is 0.333. The van der Waals surface area contributed by atoms with Crippen molar-refractivity contribution >= 4 is 0 Å². The van der Waals surface area contributed by atoms with Crippen molar-refractivity contribution in [1.82, 2.24) is 24.6 Å². The maximum atomic E-state index is 4.79. The van der Waals surface area contributed by atoms with E-state index in [1.807, 2.05) is 6.20 Å². The average Bonchev–Trinajstić information content (AvgIpc) is 3.13. The van der Waals surface area contributed by atoms with E-state index in [1.165, 1.54) is 22.5 Å². The molecule has 0 saturated carbocycles. The van der Waals surface area contributed by atoms with Gasteiger partial charge >= 0.3 is 0 Å². The normalized spacial score (nSPS) is 15.3. The molecule has 23 heavy (non-hydrogen) atoms. The lowest BCUT2D eigenvalue weighted by Gasteiger charge is -2.18. The van der Waals surface area contributed by atoms with Crippen molar-refractivity contribution in [2.24, 2.45) is 7.05 Å². The summed E-state index contributed by atoms with van der Waals surface area (Å²) in [6, 6.07) is 10.5. The van der Waals surface area contributed by atoms with Crippen LogP contribution >= 0.6 is 0 Å². The van der Waals surface area contributed by atoms with Crippen LogP contribution in [-0.2, 0) is 26.4 Å². The van der Waals surface area contributed by atoms with Gasteiger partial charge < -0.3 is 4.98 Å². The van der Waals surface area contributed by atoms with Gasteiger partial charge in [-0.05, 0) is 6.42 Å². The summed E-state index contributed by atoms with van der Waals surface area (Å²) in [5.74, 6) is 0. The van der Waals surface area contributed by atoms with E-state index in [1.54, 1.807) is 6.33 Å². The second-order valence-electron chi connectivity index (χ2n) is 6.12. The first-order valence-electron chi connectivity index (χ1n) is 8.11. The van der Waals surface area contributed by atoms with E-state index in [0.29, 0.717) is 0 Å². The third kappa shape index (κ3) is 2.80. The lowest BCUT2D eigenvalue weighted by Crippen LogP contribution is -2.26. The number of fused-ring (bicyclic) bond motifs is 1. The summed E-state index contributed by atoms with van der Waals surface area (Å²) in [5.41, 5.74) is 6.32. The predicted molar refractivity (Wildman–Crippen MR) is 89.9 cm³/mol. The number of aromatic nitrogens is 4. The van der Waals surface area contributed by atoms with Crippen molar-refractivity contribution in [1.29, 1.82) is 0 Å². The number of nitrogens with one attached hydrogen (secondary N) is 1. The Kier molecular flexibility index (Phi) is 3.71. The molecule has 1 aliphatic rings. The van der Waals surface area contributed by atoms with Crippen molar-refractivity contribution in [3.8, 4) is 11.3 Å². The first kappa shape index (κ1) is 14.2. The Morgan fingerprint density at radius 1 is 1.13 bits per heavy atom. The van der Waals surface area contributed by atoms with Crippen molar-refractivity contribution in [3.05, 3.63) is 59.8 Å². The van der Waals surface area contributed by atoms with E-state index in [4.69, 9.17) is 5.10 Å². The third-order valence-corrected chi connectivity index (χ3v) is 4.61. The summed E-state index contributed by atoms with van der Waals surface area (Å²) in [6.07, 6.45) is 5.75. The summed E-state index contributed by atoms with van der Waals surface area (Å²) >= 11 is 0. The molecule has 0 unspecified atom stereocenters. The molecule has 1 N–H and O–H groups in total. The van der Waals surface area contributed by atoms with Crippen LogP contribution in [0.3, 0.4) is 0 Å². The van der Waals surface area contributed by atoms with Crippen LogP contribution in [0, 0.1) is 0 Å². The molecule has 118 valence electrons. The lowest BCUT2D eigenvalue weighted by molar-refractivity contribution is 0.275. The van der Waals surface area contributed by atoms with E-state index in [9.17, 15) is 0 Å². The molecule has 2 aromatic heterocycles. The molecule has 0 bridgehead atoms. The number of H-pyrrole nitrogens is 1. The van der Waals surface area contributed by atoms with Gasteiger partial charge in [-0.15, -0.1) is 0 Å². The highest BCUT2D eigenvalue weighted by molar-refractivity contribution is 5.64. The molecule has 0 amide bonds. The van der Waals surface area contributed by atoms with E-state index >= 15 is 0 Å². The van der Waals surface area contributed by atoms with Crippen LogP contribution in [0.2, 0.25) is 0 Å². The monoisotopic (exact) mass is 307 g/mol. The number of nitrogens with zero attached hydrogens (tertiary/aromatic N) is 4. The van der Waals surface area contributed by atoms with Crippen molar-refractivity contribution in [2.75, 3.05) is 13.1 Å². The highest BCUT2D eigenvalue weighted by Crippen LogP contribution is 2.28. The summed E-state index contributed by atoms with van der Waals surface area (Å²) in [6.45, 7) is 3.04. The number of hydrogen-bond acceptors (Lipinski definition) is 3. The summed E-state index contributed by atoms with van der Waals surface area (Å²) in [4.78, 5) is 9.80. The Morgan fingerprint density at radius 2 is 1.96 bits per heavy atom. The summed E-state index contributed by atoms with van der Waals surface area (Å²) < 4.78 is 2.07. The molecule has 0 spiro atoms. The molecule has 3 heterocycles. The minimum atomic E-state index is 0.933. The number of hydrogen-bond donors (Lipinski definition) is 1. The van der Waals surface area contributed by atoms with E-state index in [0.717, 1.165) is 38.2 Å². The van der Waals surface area contributed by atoms with Crippen molar-refractivity contribution in [3.63, 3.8) is 0 Å². The first-order valence-corrected chi connectivity index (χ1v) is 8.11. The maximum Gasteiger partial charge on any atom is 0.0958 e. The number of benzene rings is 1. The van der Waals surface area contributed by atoms with Gasteiger partial charge in [0, 0.05) is 61.8 Å². The zero-order chi connectivity index (χ0) is 15.6. The molecule has 1 aromatic carbocycles. The second kappa shape index (κ2) is 6.01. The van der Waals surface area contributed by atoms with Crippen LogP contribution < -0.4 is 0 Å². The standard InChI is InChI=1S/C18H21N5/c1-22-17-8-10-23(12-15-11-19-13-20-15)9-7-16(17)18(21-22)14-5-3-2-4-6-14/h2-6,11,13H,7-10,12H2,1H3,(H,19,20). The summed E-state index contributed by atoms with van der Waals surface area (Å²) in [5, 5.41) is 4.79. The Labute approximate surface area is 136 Å². The van der Waals surface area contributed by atoms with Crippen LogP contribution in [-0.4, -0.2) is 37.7 Å². The Morgan fingerprint density at radius 3 is 2.74 bits per heavy atom. The van der Waals surface area contributed by atoms with Gasteiger partial charge in [0.2, 0.25) is 0 Å². The quantitative estimate of drug-likeness (QED) is 0.808. The summed E-state index contributed by atoms with van der Waals surface area (Å²) in [7, 11) is 2.07. The molecule has 0 fully saturated rings. The molecule has 0 aliphatic carbocycles. The minimum Gasteiger partial charge on any atom is -0.347 e. The van der Waals surface area contributed by atoms with Gasteiger partial charge in [-0.1, -0.05) is 30.3 Å². The molecule has 3 aromatic rings. The number of imidazole rings is 1. The molecule has 0 radical (unpaired) electrons. The van der Waals surface area contributed by atoms with Crippen LogP contribution in [0.4, 0.5) is 0 Å². The fourth-order valence-electron chi connectivity index (χ4n) is 3.42. The van der Waals surface area contributed by atoms with Gasteiger partial charge in [0.15, 0.2) is 0 Å². The lowest BCUT2D eigenvalue weighted by atomic mass is 10.0. The molecule has 0 atom stereocenters. The highest BCUT2D eigenvalue weighted by Gasteiger charge is 2.22. The smallest absolute Gasteiger partial charge is 0.0958 e. The van der Waals surface area contributed by atoms with Crippen molar-refractivity contribution < 1.29 is 0 Å². The maximum absolute atomic E-state index is 4.79. The number of aryl methyl sites for hydroxylation is 1. The SMILES string of the molecule is Cn1nc(-c2ccccc2)c2c1CCN(Cc1cnc[nH]1)CC2. The molecular weight excluding hydrogens is 286 g/mol.